The Bertz CT molecular complexity index is 1080. The number of alkyl halides is 2. The van der Waals surface area contributed by atoms with Gasteiger partial charge in [-0.3, -0.25) is 9.80 Å². The molecule has 0 spiro atoms. The van der Waals surface area contributed by atoms with Crippen molar-refractivity contribution in [1.82, 2.24) is 24.4 Å². The molecule has 5 rings (SSSR count). The molecule has 0 unspecified atom stereocenters. The van der Waals surface area contributed by atoms with Gasteiger partial charge >= 0.3 is 0 Å². The first kappa shape index (κ1) is 28.1. The van der Waals surface area contributed by atoms with E-state index >= 15 is 0 Å². The molecular formula is C26H39F2N5O4S. The largest absolute Gasteiger partial charge is 0.379 e. The predicted octanol–water partition coefficient (Wildman–Crippen LogP) is 3.48. The summed E-state index contributed by atoms with van der Waals surface area (Å²) in [5.74, 6) is -3.51. The first-order chi connectivity index (χ1) is 18.2. The van der Waals surface area contributed by atoms with Gasteiger partial charge in [0.25, 0.3) is 5.92 Å². The summed E-state index contributed by atoms with van der Waals surface area (Å²) in [6.45, 7) is 7.86. The van der Waals surface area contributed by atoms with Crippen LogP contribution in [0.3, 0.4) is 0 Å². The van der Waals surface area contributed by atoms with E-state index in [1.165, 1.54) is 6.33 Å². The number of aromatic nitrogens is 3. The molecule has 2 aromatic heterocycles. The lowest BCUT2D eigenvalue weighted by Crippen LogP contribution is -2.41. The van der Waals surface area contributed by atoms with Crippen molar-refractivity contribution in [3.05, 3.63) is 24.2 Å². The van der Waals surface area contributed by atoms with E-state index in [4.69, 9.17) is 18.9 Å². The van der Waals surface area contributed by atoms with Gasteiger partial charge in [-0.2, -0.15) is 5.10 Å². The number of morpholine rings is 1. The second-order valence-corrected chi connectivity index (χ2v) is 11.7. The Labute approximate surface area is 227 Å². The lowest BCUT2D eigenvalue weighted by Gasteiger charge is -2.30. The highest BCUT2D eigenvalue weighted by molar-refractivity contribution is 7.98. The Kier molecular flexibility index (Phi) is 8.59. The minimum Gasteiger partial charge on any atom is -0.379 e. The molecule has 2 aromatic rings. The lowest BCUT2D eigenvalue weighted by molar-refractivity contribution is -0.231. The molecule has 3 saturated heterocycles. The number of thioether (sulfide) groups is 1. The van der Waals surface area contributed by atoms with Crippen LogP contribution >= 0.6 is 11.8 Å². The first-order valence-corrected chi connectivity index (χ1v) is 14.6. The molecule has 3 aliphatic rings. The van der Waals surface area contributed by atoms with Gasteiger partial charge in [0.05, 0.1) is 43.2 Å². The normalized spacial score (nSPS) is 29.0. The van der Waals surface area contributed by atoms with Crippen molar-refractivity contribution in [3.63, 3.8) is 0 Å². The summed E-state index contributed by atoms with van der Waals surface area (Å²) in [4.78, 5) is 8.60. The molecule has 38 heavy (non-hydrogen) atoms. The highest BCUT2D eigenvalue weighted by atomic mass is 32.2. The van der Waals surface area contributed by atoms with Crippen molar-refractivity contribution >= 4 is 17.3 Å². The molecule has 5 heterocycles. The summed E-state index contributed by atoms with van der Waals surface area (Å²) in [5, 5.41) is 5.35. The van der Waals surface area contributed by atoms with Crippen LogP contribution in [0, 0.1) is 0 Å². The van der Waals surface area contributed by atoms with E-state index in [2.05, 4.69) is 15.0 Å². The number of fused-ring (bicyclic) bond motifs is 1. The smallest absolute Gasteiger partial charge is 0.262 e. The summed E-state index contributed by atoms with van der Waals surface area (Å²) in [6, 6.07) is 3.79. The van der Waals surface area contributed by atoms with E-state index in [1.807, 2.05) is 41.7 Å². The average molecular weight is 556 g/mol. The zero-order chi connectivity index (χ0) is 26.9. The van der Waals surface area contributed by atoms with Gasteiger partial charge in [0.1, 0.15) is 17.5 Å². The van der Waals surface area contributed by atoms with E-state index < -0.39 is 17.8 Å². The Morgan fingerprint density at radius 3 is 2.76 bits per heavy atom. The third kappa shape index (κ3) is 6.32. The molecule has 0 aromatic carbocycles. The molecule has 3 fully saturated rings. The van der Waals surface area contributed by atoms with Crippen LogP contribution in [0.5, 0.6) is 0 Å². The van der Waals surface area contributed by atoms with E-state index in [9.17, 15) is 8.78 Å². The van der Waals surface area contributed by atoms with Gasteiger partial charge in [0, 0.05) is 45.6 Å². The molecule has 0 N–H and O–H groups in total. The Hall–Kier alpha value is -1.41. The minimum atomic E-state index is -2.69. The van der Waals surface area contributed by atoms with Crippen LogP contribution < -0.4 is 0 Å². The monoisotopic (exact) mass is 555 g/mol. The van der Waals surface area contributed by atoms with Gasteiger partial charge in [0.2, 0.25) is 0 Å². The number of rotatable bonds is 10. The van der Waals surface area contributed by atoms with Crippen molar-refractivity contribution < 1.29 is 27.7 Å². The van der Waals surface area contributed by atoms with Gasteiger partial charge in [0.15, 0.2) is 5.79 Å². The summed E-state index contributed by atoms with van der Waals surface area (Å²) in [6.07, 6.45) is 3.68. The van der Waals surface area contributed by atoms with Crippen LogP contribution in [0.2, 0.25) is 0 Å². The fourth-order valence-electron chi connectivity index (χ4n) is 5.82. The summed E-state index contributed by atoms with van der Waals surface area (Å²) < 4.78 is 55.0. The summed E-state index contributed by atoms with van der Waals surface area (Å²) >= 11 is 1.55. The number of methoxy groups -OCH3 is 1. The molecule has 4 atom stereocenters. The van der Waals surface area contributed by atoms with Crippen LogP contribution in [-0.2, 0) is 18.9 Å². The molecule has 0 aliphatic carbocycles. The maximum absolute atomic E-state index is 14.6. The highest BCUT2D eigenvalue weighted by Gasteiger charge is 2.48. The third-order valence-electron chi connectivity index (χ3n) is 7.83. The van der Waals surface area contributed by atoms with E-state index in [-0.39, 0.29) is 31.2 Å². The van der Waals surface area contributed by atoms with Gasteiger partial charge < -0.3 is 18.9 Å². The molecule has 0 saturated carbocycles. The zero-order valence-corrected chi connectivity index (χ0v) is 23.5. The van der Waals surface area contributed by atoms with E-state index in [1.54, 1.807) is 18.9 Å². The Balaban J connectivity index is 1.33. The minimum absolute atomic E-state index is 0.109. The number of halogens is 2. The molecule has 212 valence electrons. The zero-order valence-electron chi connectivity index (χ0n) is 22.6. The molecular weight excluding hydrogens is 516 g/mol. The Morgan fingerprint density at radius 1 is 1.24 bits per heavy atom. The second kappa shape index (κ2) is 11.6. The van der Waals surface area contributed by atoms with Crippen LogP contribution in [-0.4, -0.2) is 114 Å². The van der Waals surface area contributed by atoms with Crippen molar-refractivity contribution in [2.75, 3.05) is 59.3 Å². The fourth-order valence-corrected chi connectivity index (χ4v) is 6.33. The van der Waals surface area contributed by atoms with E-state index in [0.29, 0.717) is 32.6 Å². The van der Waals surface area contributed by atoms with Gasteiger partial charge in [-0.05, 0) is 45.2 Å². The molecule has 12 heteroatoms. The molecule has 0 bridgehead atoms. The average Bonchev–Trinajstić information content (AvgIpc) is 3.57. The maximum Gasteiger partial charge on any atom is 0.262 e. The predicted molar refractivity (Wildman–Crippen MR) is 140 cm³/mol. The highest BCUT2D eigenvalue weighted by Crippen LogP contribution is 2.41. The molecule has 0 amide bonds. The van der Waals surface area contributed by atoms with Gasteiger partial charge in [-0.25, -0.2) is 18.3 Å². The first-order valence-electron chi connectivity index (χ1n) is 13.3. The molecule has 3 aliphatic heterocycles. The SMILES string of the molecule is COC(C)(C)O[C@@H]1C[C@@H](CN2CC(F)(F)C[C@H]2CCN2CCOCC2)O[C@H]1c1ccc2c(SC)ncnn12. The topological polar surface area (TPSA) is 73.6 Å². The quantitative estimate of drug-likeness (QED) is 0.324. The Morgan fingerprint density at radius 2 is 2.03 bits per heavy atom. The standard InChI is InChI=1S/C26H39F2N5O4S/c1-25(2,34-3)37-22-13-19(36-23(22)20-5-6-21-24(38-4)29-17-30-33(20)21)15-32-16-26(27,28)14-18(32)7-8-31-9-11-35-12-10-31/h5-6,17-19,22-23H,7-16H2,1-4H3/t18-,19+,22-,23+/m1/s1. The van der Waals surface area contributed by atoms with Crippen LogP contribution in [0.15, 0.2) is 23.5 Å². The van der Waals surface area contributed by atoms with Crippen molar-refractivity contribution in [1.29, 1.82) is 0 Å². The van der Waals surface area contributed by atoms with Crippen molar-refractivity contribution in [3.8, 4) is 0 Å². The summed E-state index contributed by atoms with van der Waals surface area (Å²) in [7, 11) is 1.61. The van der Waals surface area contributed by atoms with Crippen LogP contribution in [0.1, 0.15) is 44.9 Å². The van der Waals surface area contributed by atoms with E-state index in [0.717, 1.165) is 35.9 Å². The second-order valence-electron chi connectivity index (χ2n) is 10.9. The number of ether oxygens (including phenoxy) is 4. The van der Waals surface area contributed by atoms with Crippen LogP contribution in [0.25, 0.3) is 5.52 Å². The third-order valence-corrected chi connectivity index (χ3v) is 8.54. The molecule has 0 radical (unpaired) electrons. The number of hydrogen-bond donors (Lipinski definition) is 0. The lowest BCUT2D eigenvalue weighted by atomic mass is 10.1. The van der Waals surface area contributed by atoms with Crippen molar-refractivity contribution in [2.24, 2.45) is 0 Å². The van der Waals surface area contributed by atoms with Crippen molar-refractivity contribution in [2.45, 2.75) is 74.2 Å². The number of hydrogen-bond acceptors (Lipinski definition) is 9. The summed E-state index contributed by atoms with van der Waals surface area (Å²) in [5.41, 5.74) is 1.75. The fraction of sp³-hybridized carbons (Fsp3) is 0.769. The van der Waals surface area contributed by atoms with Crippen LogP contribution in [0.4, 0.5) is 8.78 Å². The number of nitrogens with zero attached hydrogens (tertiary/aromatic N) is 5. The van der Waals surface area contributed by atoms with Gasteiger partial charge in [-0.15, -0.1) is 11.8 Å². The van der Waals surface area contributed by atoms with Gasteiger partial charge in [-0.1, -0.05) is 0 Å². The molecule has 9 nitrogen and oxygen atoms in total. The maximum atomic E-state index is 14.6. The number of likely N-dealkylation sites (tertiary alicyclic amines) is 1.